The van der Waals surface area contributed by atoms with Crippen LogP contribution in [0.1, 0.15) is 15.9 Å². The van der Waals surface area contributed by atoms with Gasteiger partial charge < -0.3 is 24.8 Å². The van der Waals surface area contributed by atoms with E-state index in [9.17, 15) is 22.8 Å². The fourth-order valence-corrected chi connectivity index (χ4v) is 3.07. The molecule has 0 bridgehead atoms. The summed E-state index contributed by atoms with van der Waals surface area (Å²) in [5.41, 5.74) is 1.56. The van der Waals surface area contributed by atoms with E-state index in [1.54, 1.807) is 30.3 Å². The summed E-state index contributed by atoms with van der Waals surface area (Å²) in [4.78, 5) is 25.0. The van der Waals surface area contributed by atoms with E-state index in [0.29, 0.717) is 22.5 Å². The van der Waals surface area contributed by atoms with E-state index in [1.165, 1.54) is 38.5 Å². The zero-order valence-electron chi connectivity index (χ0n) is 18.2. The van der Waals surface area contributed by atoms with Crippen molar-refractivity contribution in [3.8, 4) is 17.2 Å². The van der Waals surface area contributed by atoms with E-state index in [0.717, 1.165) is 12.1 Å². The van der Waals surface area contributed by atoms with Crippen LogP contribution in [0.3, 0.4) is 0 Å². The molecule has 0 aromatic heterocycles. The number of methoxy groups -OCH3 is 2. The molecule has 0 unspecified atom stereocenters. The second-order valence-corrected chi connectivity index (χ2v) is 6.99. The van der Waals surface area contributed by atoms with Gasteiger partial charge in [0.05, 0.1) is 32.0 Å². The number of amides is 2. The molecule has 3 rings (SSSR count). The van der Waals surface area contributed by atoms with Crippen LogP contribution in [-0.2, 0) is 11.2 Å². The molecule has 0 saturated carbocycles. The molecule has 0 radical (unpaired) electrons. The maximum absolute atomic E-state index is 12.5. The van der Waals surface area contributed by atoms with Crippen molar-refractivity contribution in [2.24, 2.45) is 0 Å². The quantitative estimate of drug-likeness (QED) is 0.478. The standard InChI is InChI=1S/C24H21F3N2O5/c1-32-20-14-19(29-23(31)16-6-4-3-5-7-16)21(33-2)13-18(20)28-22(30)12-15-8-10-17(11-9-15)34-24(25,26)27/h3-11,13-14H,12H2,1-2H3,(H,28,30)(H,29,31). The first-order chi connectivity index (χ1) is 16.2. The number of carbonyl (C=O) groups is 2. The van der Waals surface area contributed by atoms with Crippen LogP contribution in [0, 0.1) is 0 Å². The van der Waals surface area contributed by atoms with Crippen molar-refractivity contribution in [2.45, 2.75) is 12.8 Å². The molecular formula is C24H21F3N2O5. The first-order valence-electron chi connectivity index (χ1n) is 9.95. The fraction of sp³-hybridized carbons (Fsp3) is 0.167. The predicted octanol–water partition coefficient (Wildman–Crippen LogP) is 5.04. The molecule has 0 atom stereocenters. The molecule has 34 heavy (non-hydrogen) atoms. The third-order valence-corrected chi connectivity index (χ3v) is 4.60. The Hall–Kier alpha value is -4.21. The van der Waals surface area contributed by atoms with Gasteiger partial charge in [0.1, 0.15) is 17.2 Å². The lowest BCUT2D eigenvalue weighted by molar-refractivity contribution is -0.274. The Morgan fingerprint density at radius 3 is 1.91 bits per heavy atom. The Balaban J connectivity index is 1.72. The minimum Gasteiger partial charge on any atom is -0.494 e. The molecule has 3 aromatic rings. The van der Waals surface area contributed by atoms with Gasteiger partial charge in [0.2, 0.25) is 5.91 Å². The van der Waals surface area contributed by atoms with E-state index < -0.39 is 12.3 Å². The van der Waals surface area contributed by atoms with Crippen LogP contribution in [0.2, 0.25) is 0 Å². The summed E-state index contributed by atoms with van der Waals surface area (Å²) in [6.07, 6.45) is -4.90. The maximum Gasteiger partial charge on any atom is 0.573 e. The first-order valence-corrected chi connectivity index (χ1v) is 9.95. The summed E-state index contributed by atoms with van der Waals surface area (Å²) in [6, 6.07) is 16.6. The van der Waals surface area contributed by atoms with Gasteiger partial charge in [-0.05, 0) is 29.8 Å². The Morgan fingerprint density at radius 2 is 1.38 bits per heavy atom. The highest BCUT2D eigenvalue weighted by Gasteiger charge is 2.31. The van der Waals surface area contributed by atoms with Crippen LogP contribution in [-0.4, -0.2) is 32.4 Å². The second kappa shape index (κ2) is 10.6. The minimum atomic E-state index is -4.79. The Kier molecular flexibility index (Phi) is 7.62. The monoisotopic (exact) mass is 474 g/mol. The number of benzene rings is 3. The van der Waals surface area contributed by atoms with E-state index >= 15 is 0 Å². The highest BCUT2D eigenvalue weighted by Crippen LogP contribution is 2.36. The lowest BCUT2D eigenvalue weighted by Crippen LogP contribution is -2.17. The van der Waals surface area contributed by atoms with Gasteiger partial charge in [0.25, 0.3) is 5.91 Å². The molecule has 0 spiro atoms. The van der Waals surface area contributed by atoms with Crippen LogP contribution in [0.4, 0.5) is 24.5 Å². The number of alkyl halides is 3. The van der Waals surface area contributed by atoms with Crippen LogP contribution < -0.4 is 24.8 Å². The molecule has 0 aliphatic rings. The Morgan fingerprint density at radius 1 is 0.824 bits per heavy atom. The van der Waals surface area contributed by atoms with Gasteiger partial charge in [-0.3, -0.25) is 9.59 Å². The van der Waals surface area contributed by atoms with Crippen molar-refractivity contribution in [3.63, 3.8) is 0 Å². The molecule has 0 aliphatic carbocycles. The predicted molar refractivity (Wildman–Crippen MR) is 119 cm³/mol. The van der Waals surface area contributed by atoms with Crippen molar-refractivity contribution < 1.29 is 37.0 Å². The minimum absolute atomic E-state index is 0.107. The van der Waals surface area contributed by atoms with Crippen molar-refractivity contribution in [3.05, 3.63) is 77.9 Å². The Bertz CT molecular complexity index is 1150. The number of anilines is 2. The van der Waals surface area contributed by atoms with Gasteiger partial charge in [-0.15, -0.1) is 13.2 Å². The number of hydrogen-bond donors (Lipinski definition) is 2. The molecule has 2 amide bonds. The highest BCUT2D eigenvalue weighted by molar-refractivity contribution is 6.05. The van der Waals surface area contributed by atoms with Gasteiger partial charge in [-0.2, -0.15) is 0 Å². The molecule has 3 aromatic carbocycles. The third kappa shape index (κ3) is 6.64. The van der Waals surface area contributed by atoms with Crippen molar-refractivity contribution in [1.29, 1.82) is 0 Å². The highest BCUT2D eigenvalue weighted by atomic mass is 19.4. The van der Waals surface area contributed by atoms with Gasteiger partial charge in [0.15, 0.2) is 0 Å². The number of nitrogens with one attached hydrogen (secondary N) is 2. The van der Waals surface area contributed by atoms with E-state index in [1.807, 2.05) is 0 Å². The first kappa shape index (κ1) is 24.4. The molecule has 7 nitrogen and oxygen atoms in total. The topological polar surface area (TPSA) is 85.9 Å². The molecule has 178 valence electrons. The number of halogens is 3. The third-order valence-electron chi connectivity index (χ3n) is 4.60. The molecule has 10 heteroatoms. The summed E-state index contributed by atoms with van der Waals surface area (Å²) >= 11 is 0. The second-order valence-electron chi connectivity index (χ2n) is 6.99. The summed E-state index contributed by atoms with van der Waals surface area (Å²) in [7, 11) is 2.82. The van der Waals surface area contributed by atoms with Crippen LogP contribution in [0.15, 0.2) is 66.7 Å². The summed E-state index contributed by atoms with van der Waals surface area (Å²) in [5.74, 6) is -0.613. The zero-order chi connectivity index (χ0) is 24.7. The summed E-state index contributed by atoms with van der Waals surface area (Å²) < 4.78 is 51.4. The van der Waals surface area contributed by atoms with Crippen LogP contribution in [0.25, 0.3) is 0 Å². The van der Waals surface area contributed by atoms with Crippen LogP contribution in [0.5, 0.6) is 17.2 Å². The molecule has 0 aliphatic heterocycles. The number of ether oxygens (including phenoxy) is 3. The number of carbonyl (C=O) groups excluding carboxylic acids is 2. The van der Waals surface area contributed by atoms with Gasteiger partial charge in [0, 0.05) is 17.7 Å². The largest absolute Gasteiger partial charge is 0.573 e. The number of rotatable bonds is 8. The SMILES string of the molecule is COc1cc(NC(=O)c2ccccc2)c(OC)cc1NC(=O)Cc1ccc(OC(F)(F)F)cc1. The van der Waals surface area contributed by atoms with Crippen LogP contribution >= 0.6 is 0 Å². The van der Waals surface area contributed by atoms with Crippen molar-refractivity contribution >= 4 is 23.2 Å². The van der Waals surface area contributed by atoms with E-state index in [4.69, 9.17) is 9.47 Å². The zero-order valence-corrected chi connectivity index (χ0v) is 18.2. The normalized spacial score (nSPS) is 10.9. The molecular weight excluding hydrogens is 453 g/mol. The van der Waals surface area contributed by atoms with Crippen molar-refractivity contribution in [1.82, 2.24) is 0 Å². The van der Waals surface area contributed by atoms with E-state index in [-0.39, 0.29) is 29.6 Å². The molecule has 0 saturated heterocycles. The molecule has 0 fully saturated rings. The average Bonchev–Trinajstić information content (AvgIpc) is 2.80. The van der Waals surface area contributed by atoms with Crippen molar-refractivity contribution in [2.75, 3.05) is 24.9 Å². The molecule has 2 N–H and O–H groups in total. The molecule has 0 heterocycles. The average molecular weight is 474 g/mol. The van der Waals surface area contributed by atoms with E-state index in [2.05, 4.69) is 15.4 Å². The number of hydrogen-bond acceptors (Lipinski definition) is 5. The van der Waals surface area contributed by atoms with Gasteiger partial charge in [-0.25, -0.2) is 0 Å². The maximum atomic E-state index is 12.5. The summed E-state index contributed by atoms with van der Waals surface area (Å²) in [6.45, 7) is 0. The smallest absolute Gasteiger partial charge is 0.494 e. The van der Waals surface area contributed by atoms with Gasteiger partial charge in [-0.1, -0.05) is 30.3 Å². The fourth-order valence-electron chi connectivity index (χ4n) is 3.07. The summed E-state index contributed by atoms with van der Waals surface area (Å²) in [5, 5.41) is 5.43. The lowest BCUT2D eigenvalue weighted by Gasteiger charge is -2.16. The van der Waals surface area contributed by atoms with Gasteiger partial charge >= 0.3 is 6.36 Å². The lowest BCUT2D eigenvalue weighted by atomic mass is 10.1. The Labute approximate surface area is 193 Å².